The number of nitrogens with zero attached hydrogens (tertiary/aromatic N) is 4. The second-order valence-electron chi connectivity index (χ2n) is 6.58. The van der Waals surface area contributed by atoms with Gasteiger partial charge in [0.15, 0.2) is 0 Å². The van der Waals surface area contributed by atoms with Gasteiger partial charge in [-0.15, -0.1) is 0 Å². The molecule has 8 nitrogen and oxygen atoms in total. The Kier molecular flexibility index (Phi) is 4.52. The van der Waals surface area contributed by atoms with Crippen molar-refractivity contribution >= 4 is 17.0 Å². The monoisotopic (exact) mass is 377 g/mol. The zero-order valence-electron chi connectivity index (χ0n) is 15.5. The average molecular weight is 377 g/mol. The first-order chi connectivity index (χ1) is 13.5. The second kappa shape index (κ2) is 7.15. The maximum atomic E-state index is 12.8. The Bertz CT molecular complexity index is 1200. The third-order valence-corrected chi connectivity index (χ3v) is 4.52. The maximum Gasteiger partial charge on any atom is 0.265 e. The highest BCUT2D eigenvalue weighted by Gasteiger charge is 2.22. The molecule has 0 spiro atoms. The maximum absolute atomic E-state index is 12.8. The number of carbonyl (C=O) groups excluding carboxylic acids is 1. The van der Waals surface area contributed by atoms with Gasteiger partial charge in [-0.25, -0.2) is 4.98 Å². The molecule has 0 unspecified atom stereocenters. The van der Waals surface area contributed by atoms with Crippen molar-refractivity contribution in [1.82, 2.24) is 24.6 Å². The van der Waals surface area contributed by atoms with Crippen molar-refractivity contribution < 1.29 is 9.21 Å². The minimum absolute atomic E-state index is 0.173. The van der Waals surface area contributed by atoms with E-state index in [9.17, 15) is 9.59 Å². The van der Waals surface area contributed by atoms with E-state index in [-0.39, 0.29) is 28.1 Å². The van der Waals surface area contributed by atoms with E-state index in [0.29, 0.717) is 18.8 Å². The zero-order chi connectivity index (χ0) is 19.7. The SMILES string of the molecule is Cc1oc2ncn(C)c(=O)c2c1C(=O)NCc1cccc(Cn2cccn2)c1. The summed E-state index contributed by atoms with van der Waals surface area (Å²) in [5.41, 5.74) is 2.13. The van der Waals surface area contributed by atoms with Gasteiger partial charge in [0.05, 0.1) is 12.1 Å². The van der Waals surface area contributed by atoms with E-state index in [2.05, 4.69) is 15.4 Å². The number of aromatic nitrogens is 4. The lowest BCUT2D eigenvalue weighted by atomic mass is 10.1. The Morgan fingerprint density at radius 3 is 2.86 bits per heavy atom. The van der Waals surface area contributed by atoms with Gasteiger partial charge >= 0.3 is 0 Å². The molecule has 0 bridgehead atoms. The summed E-state index contributed by atoms with van der Waals surface area (Å²) in [5, 5.41) is 7.27. The fourth-order valence-electron chi connectivity index (χ4n) is 3.15. The van der Waals surface area contributed by atoms with Crippen LogP contribution in [-0.2, 0) is 20.1 Å². The number of hydrogen-bond donors (Lipinski definition) is 1. The lowest BCUT2D eigenvalue weighted by Crippen LogP contribution is -2.26. The van der Waals surface area contributed by atoms with Crippen molar-refractivity contribution in [3.05, 3.63) is 81.9 Å². The Labute approximate surface area is 160 Å². The topological polar surface area (TPSA) is 95.0 Å². The number of aryl methyl sites for hydroxylation is 2. The van der Waals surface area contributed by atoms with Gasteiger partial charge in [0, 0.05) is 26.0 Å². The smallest absolute Gasteiger partial charge is 0.265 e. The molecule has 3 aromatic heterocycles. The number of rotatable bonds is 5. The fraction of sp³-hybridized carbons (Fsp3) is 0.200. The van der Waals surface area contributed by atoms with E-state index in [1.807, 2.05) is 41.2 Å². The van der Waals surface area contributed by atoms with Crippen LogP contribution < -0.4 is 10.9 Å². The van der Waals surface area contributed by atoms with Gasteiger partial charge in [-0.2, -0.15) is 5.10 Å². The average Bonchev–Trinajstić information content (AvgIpc) is 3.30. The van der Waals surface area contributed by atoms with Gasteiger partial charge < -0.3 is 14.3 Å². The number of carbonyl (C=O) groups is 1. The number of benzene rings is 1. The lowest BCUT2D eigenvalue weighted by molar-refractivity contribution is 0.0950. The standard InChI is InChI=1S/C20H19N5O3/c1-13-16(17-19(28-13)22-12-24(2)20(17)27)18(26)21-10-14-5-3-6-15(9-14)11-25-8-4-7-23-25/h3-9,12H,10-11H2,1-2H3,(H,21,26). The molecule has 1 N–H and O–H groups in total. The highest BCUT2D eigenvalue weighted by Crippen LogP contribution is 2.20. The Morgan fingerprint density at radius 1 is 1.25 bits per heavy atom. The first-order valence-electron chi connectivity index (χ1n) is 8.81. The van der Waals surface area contributed by atoms with Crippen LogP contribution in [0.25, 0.3) is 11.1 Å². The summed E-state index contributed by atoms with van der Waals surface area (Å²) in [6.07, 6.45) is 5.01. The summed E-state index contributed by atoms with van der Waals surface area (Å²) in [5.74, 6) is 0.00885. The molecule has 3 heterocycles. The fourth-order valence-corrected chi connectivity index (χ4v) is 3.15. The summed E-state index contributed by atoms with van der Waals surface area (Å²) in [6, 6.07) is 9.78. The molecule has 4 aromatic rings. The highest BCUT2D eigenvalue weighted by molar-refractivity contribution is 6.06. The van der Waals surface area contributed by atoms with E-state index in [1.54, 1.807) is 20.2 Å². The van der Waals surface area contributed by atoms with Crippen LogP contribution in [0.5, 0.6) is 0 Å². The molecule has 4 rings (SSSR count). The molecule has 0 saturated heterocycles. The van der Waals surface area contributed by atoms with Crippen LogP contribution in [-0.4, -0.2) is 25.2 Å². The second-order valence-corrected chi connectivity index (χ2v) is 6.58. The van der Waals surface area contributed by atoms with Crippen molar-refractivity contribution in [3.63, 3.8) is 0 Å². The van der Waals surface area contributed by atoms with Gasteiger partial charge in [0.2, 0.25) is 5.71 Å². The number of hydrogen-bond acceptors (Lipinski definition) is 5. The molecule has 0 aliphatic heterocycles. The summed E-state index contributed by atoms with van der Waals surface area (Å²) < 4.78 is 8.65. The zero-order valence-corrected chi connectivity index (χ0v) is 15.5. The lowest BCUT2D eigenvalue weighted by Gasteiger charge is -2.08. The van der Waals surface area contributed by atoms with E-state index in [1.165, 1.54) is 10.9 Å². The van der Waals surface area contributed by atoms with Crippen molar-refractivity contribution in [2.75, 3.05) is 0 Å². The Hall–Kier alpha value is -3.68. The molecular weight excluding hydrogens is 358 g/mol. The van der Waals surface area contributed by atoms with Crippen LogP contribution in [0, 0.1) is 6.92 Å². The van der Waals surface area contributed by atoms with Crippen LogP contribution in [0.2, 0.25) is 0 Å². The van der Waals surface area contributed by atoms with Crippen LogP contribution in [0.15, 0.2) is 58.3 Å². The minimum atomic E-state index is -0.362. The summed E-state index contributed by atoms with van der Waals surface area (Å²) in [6.45, 7) is 2.64. The molecule has 0 fully saturated rings. The van der Waals surface area contributed by atoms with Crippen LogP contribution >= 0.6 is 0 Å². The van der Waals surface area contributed by atoms with Gasteiger partial charge in [0.25, 0.3) is 11.5 Å². The number of amides is 1. The van der Waals surface area contributed by atoms with Gasteiger partial charge in [0.1, 0.15) is 17.5 Å². The van der Waals surface area contributed by atoms with Gasteiger partial charge in [-0.1, -0.05) is 24.3 Å². The number of fused-ring (bicyclic) bond motifs is 1. The molecule has 0 saturated carbocycles. The summed E-state index contributed by atoms with van der Waals surface area (Å²) in [7, 11) is 1.59. The van der Waals surface area contributed by atoms with Crippen molar-refractivity contribution in [2.45, 2.75) is 20.0 Å². The first kappa shape index (κ1) is 17.7. The molecule has 0 aliphatic rings. The third kappa shape index (κ3) is 3.32. The van der Waals surface area contributed by atoms with Gasteiger partial charge in [-0.3, -0.25) is 14.3 Å². The van der Waals surface area contributed by atoms with E-state index in [4.69, 9.17) is 4.42 Å². The summed E-state index contributed by atoms with van der Waals surface area (Å²) >= 11 is 0. The first-order valence-corrected chi connectivity index (χ1v) is 8.81. The number of nitrogens with one attached hydrogen (secondary N) is 1. The largest absolute Gasteiger partial charge is 0.442 e. The number of furan rings is 1. The van der Waals surface area contributed by atoms with Crippen molar-refractivity contribution in [1.29, 1.82) is 0 Å². The predicted molar refractivity (Wildman–Crippen MR) is 103 cm³/mol. The highest BCUT2D eigenvalue weighted by atomic mass is 16.3. The Morgan fingerprint density at radius 2 is 2.07 bits per heavy atom. The normalized spacial score (nSPS) is 11.1. The summed E-state index contributed by atoms with van der Waals surface area (Å²) in [4.78, 5) is 29.2. The van der Waals surface area contributed by atoms with Crippen molar-refractivity contribution in [2.24, 2.45) is 7.05 Å². The minimum Gasteiger partial charge on any atom is -0.442 e. The molecule has 1 amide bonds. The molecule has 8 heteroatoms. The molecule has 142 valence electrons. The van der Waals surface area contributed by atoms with Crippen LogP contribution in [0.1, 0.15) is 27.2 Å². The molecular formula is C20H19N5O3. The molecule has 1 aromatic carbocycles. The van der Waals surface area contributed by atoms with E-state index < -0.39 is 0 Å². The Balaban J connectivity index is 1.54. The third-order valence-electron chi connectivity index (χ3n) is 4.52. The molecule has 0 aliphatic carbocycles. The molecule has 28 heavy (non-hydrogen) atoms. The van der Waals surface area contributed by atoms with Crippen LogP contribution in [0.3, 0.4) is 0 Å². The quantitative estimate of drug-likeness (QED) is 0.574. The van der Waals surface area contributed by atoms with Crippen LogP contribution in [0.4, 0.5) is 0 Å². The van der Waals surface area contributed by atoms with E-state index in [0.717, 1.165) is 11.1 Å². The van der Waals surface area contributed by atoms with Crippen molar-refractivity contribution in [3.8, 4) is 0 Å². The molecule has 0 radical (unpaired) electrons. The predicted octanol–water partition coefficient (Wildman–Crippen LogP) is 2.01. The van der Waals surface area contributed by atoms with E-state index >= 15 is 0 Å². The van der Waals surface area contributed by atoms with Gasteiger partial charge in [-0.05, 0) is 24.1 Å². The molecule has 0 atom stereocenters.